The largest absolute Gasteiger partial charge is 0.459 e. The molecule has 1 aromatic carbocycles. The fourth-order valence-corrected chi connectivity index (χ4v) is 4.52. The zero-order chi connectivity index (χ0) is 20.2. The van der Waals surface area contributed by atoms with Gasteiger partial charge in [0, 0.05) is 4.88 Å². The van der Waals surface area contributed by atoms with Gasteiger partial charge in [0.15, 0.2) is 5.76 Å². The Morgan fingerprint density at radius 2 is 1.86 bits per heavy atom. The van der Waals surface area contributed by atoms with Crippen LogP contribution in [0.4, 0.5) is 0 Å². The minimum atomic E-state index is -0.687. The third kappa shape index (κ3) is 4.43. The molecule has 4 rings (SSSR count). The number of hydrogen-bond donors (Lipinski definition) is 2. The molecule has 0 radical (unpaired) electrons. The number of aryl methyl sites for hydroxylation is 2. The topological polar surface area (TPSA) is 71.3 Å². The molecule has 0 saturated heterocycles. The average Bonchev–Trinajstić information content (AvgIpc) is 3.45. The summed E-state index contributed by atoms with van der Waals surface area (Å²) in [6, 6.07) is 12.8. The third-order valence-electron chi connectivity index (χ3n) is 5.31. The third-order valence-corrected chi connectivity index (χ3v) is 6.24. The van der Waals surface area contributed by atoms with E-state index in [0.29, 0.717) is 0 Å². The zero-order valence-corrected chi connectivity index (χ0v) is 17.1. The smallest absolute Gasteiger partial charge is 0.287 e. The van der Waals surface area contributed by atoms with E-state index >= 15 is 0 Å². The highest BCUT2D eigenvalue weighted by molar-refractivity contribution is 7.10. The monoisotopic (exact) mass is 408 g/mol. The van der Waals surface area contributed by atoms with Crippen LogP contribution in [0.15, 0.2) is 58.5 Å². The number of rotatable bonds is 6. The van der Waals surface area contributed by atoms with Crippen LogP contribution in [-0.4, -0.2) is 17.9 Å². The lowest BCUT2D eigenvalue weighted by atomic mass is 9.89. The predicted molar refractivity (Wildman–Crippen MR) is 113 cm³/mol. The Kier molecular flexibility index (Phi) is 5.81. The van der Waals surface area contributed by atoms with Gasteiger partial charge in [0.2, 0.25) is 5.91 Å². The summed E-state index contributed by atoms with van der Waals surface area (Å²) in [5.41, 5.74) is 3.87. The Bertz CT molecular complexity index is 980. The molecular formula is C23H24N2O3S. The molecule has 3 aromatic rings. The van der Waals surface area contributed by atoms with Gasteiger partial charge < -0.3 is 15.1 Å². The molecule has 0 spiro atoms. The van der Waals surface area contributed by atoms with E-state index in [2.05, 4.69) is 28.8 Å². The summed E-state index contributed by atoms with van der Waals surface area (Å²) in [6.07, 6.45) is 6.10. The molecular weight excluding hydrogens is 384 g/mol. The van der Waals surface area contributed by atoms with Gasteiger partial charge in [-0.25, -0.2) is 0 Å². The van der Waals surface area contributed by atoms with Gasteiger partial charge in [0.1, 0.15) is 6.04 Å². The normalized spacial score (nSPS) is 15.2. The maximum atomic E-state index is 12.9. The molecule has 2 heterocycles. The van der Waals surface area contributed by atoms with Gasteiger partial charge in [-0.05, 0) is 72.9 Å². The van der Waals surface area contributed by atoms with E-state index in [0.717, 1.165) is 23.3 Å². The maximum absolute atomic E-state index is 12.9. The highest BCUT2D eigenvalue weighted by Gasteiger charge is 2.24. The minimum Gasteiger partial charge on any atom is -0.459 e. The lowest BCUT2D eigenvalue weighted by Gasteiger charge is -2.23. The summed E-state index contributed by atoms with van der Waals surface area (Å²) in [7, 11) is 0. The summed E-state index contributed by atoms with van der Waals surface area (Å²) in [4.78, 5) is 26.1. The molecule has 2 aromatic heterocycles. The van der Waals surface area contributed by atoms with Gasteiger partial charge in [-0.1, -0.05) is 24.3 Å². The molecule has 0 saturated carbocycles. The predicted octanol–water partition coefficient (Wildman–Crippen LogP) is 4.24. The van der Waals surface area contributed by atoms with Crippen LogP contribution >= 0.6 is 11.3 Å². The number of thiophene rings is 1. The van der Waals surface area contributed by atoms with E-state index in [-0.39, 0.29) is 17.7 Å². The number of hydrogen-bond acceptors (Lipinski definition) is 4. The number of carbonyl (C=O) groups is 2. The molecule has 5 nitrogen and oxygen atoms in total. The van der Waals surface area contributed by atoms with Crippen LogP contribution in [0.1, 0.15) is 57.9 Å². The molecule has 1 aliphatic rings. The van der Waals surface area contributed by atoms with Gasteiger partial charge in [0.05, 0.1) is 12.3 Å². The van der Waals surface area contributed by atoms with E-state index < -0.39 is 11.9 Å². The summed E-state index contributed by atoms with van der Waals surface area (Å²) >= 11 is 1.61. The van der Waals surface area contributed by atoms with Crippen molar-refractivity contribution in [2.24, 2.45) is 0 Å². The summed E-state index contributed by atoms with van der Waals surface area (Å²) in [6.45, 7) is 1.68. The van der Waals surface area contributed by atoms with Gasteiger partial charge in [-0.15, -0.1) is 11.3 Å². The van der Waals surface area contributed by atoms with Crippen molar-refractivity contribution in [2.45, 2.75) is 44.7 Å². The van der Waals surface area contributed by atoms with E-state index in [1.165, 1.54) is 30.2 Å². The van der Waals surface area contributed by atoms with Crippen LogP contribution in [0.25, 0.3) is 0 Å². The first-order valence-corrected chi connectivity index (χ1v) is 10.8. The fourth-order valence-electron chi connectivity index (χ4n) is 3.72. The first-order valence-electron chi connectivity index (χ1n) is 9.91. The number of nitrogens with one attached hydrogen (secondary N) is 2. The van der Waals surface area contributed by atoms with Crippen LogP contribution in [0.3, 0.4) is 0 Å². The highest BCUT2D eigenvalue weighted by atomic mass is 32.1. The SMILES string of the molecule is C[C@H](NC(=O)c1ccco1)C(=O)NC(c1ccc2c(c1)CCCC2)c1cccs1. The van der Waals surface area contributed by atoms with Crippen LogP contribution in [0.2, 0.25) is 0 Å². The number of amides is 2. The van der Waals surface area contributed by atoms with Crippen molar-refractivity contribution in [3.05, 3.63) is 81.4 Å². The van der Waals surface area contributed by atoms with E-state index in [1.54, 1.807) is 30.4 Å². The van der Waals surface area contributed by atoms with Crippen molar-refractivity contribution < 1.29 is 14.0 Å². The Labute approximate surface area is 174 Å². The van der Waals surface area contributed by atoms with Crippen LogP contribution < -0.4 is 10.6 Å². The Hall–Kier alpha value is -2.86. The van der Waals surface area contributed by atoms with Crippen molar-refractivity contribution in [3.63, 3.8) is 0 Å². The average molecular weight is 409 g/mol. The molecule has 6 heteroatoms. The summed E-state index contributed by atoms with van der Waals surface area (Å²) in [5.74, 6) is -0.450. The molecule has 1 unspecified atom stereocenters. The zero-order valence-electron chi connectivity index (χ0n) is 16.3. The van der Waals surface area contributed by atoms with Crippen molar-refractivity contribution in [1.29, 1.82) is 0 Å². The molecule has 0 fully saturated rings. The Balaban J connectivity index is 1.52. The van der Waals surface area contributed by atoms with E-state index in [9.17, 15) is 9.59 Å². The van der Waals surface area contributed by atoms with E-state index in [4.69, 9.17) is 4.42 Å². The van der Waals surface area contributed by atoms with Crippen LogP contribution in [0, 0.1) is 0 Å². The maximum Gasteiger partial charge on any atom is 0.287 e. The lowest BCUT2D eigenvalue weighted by molar-refractivity contribution is -0.123. The Morgan fingerprint density at radius 1 is 1.03 bits per heavy atom. The molecule has 29 heavy (non-hydrogen) atoms. The second-order valence-corrected chi connectivity index (χ2v) is 8.34. The van der Waals surface area contributed by atoms with Gasteiger partial charge in [0.25, 0.3) is 5.91 Å². The molecule has 2 N–H and O–H groups in total. The fraction of sp³-hybridized carbons (Fsp3) is 0.304. The molecule has 0 aliphatic heterocycles. The first-order chi connectivity index (χ1) is 14.1. The number of carbonyl (C=O) groups excluding carboxylic acids is 2. The number of benzene rings is 1. The molecule has 2 amide bonds. The summed E-state index contributed by atoms with van der Waals surface area (Å²) < 4.78 is 5.10. The second kappa shape index (κ2) is 8.66. The van der Waals surface area contributed by atoms with Crippen molar-refractivity contribution in [3.8, 4) is 0 Å². The Morgan fingerprint density at radius 3 is 2.59 bits per heavy atom. The molecule has 150 valence electrons. The first kappa shape index (κ1) is 19.5. The summed E-state index contributed by atoms with van der Waals surface area (Å²) in [5, 5.41) is 7.82. The lowest BCUT2D eigenvalue weighted by Crippen LogP contribution is -2.45. The number of furan rings is 1. The van der Waals surface area contributed by atoms with Crippen molar-refractivity contribution >= 4 is 23.2 Å². The highest BCUT2D eigenvalue weighted by Crippen LogP contribution is 2.30. The van der Waals surface area contributed by atoms with Gasteiger partial charge in [-0.2, -0.15) is 0 Å². The van der Waals surface area contributed by atoms with Crippen LogP contribution in [-0.2, 0) is 17.6 Å². The standard InChI is InChI=1S/C23H24N2O3S/c1-15(24-23(27)19-8-4-12-28-19)22(26)25-21(20-9-5-13-29-20)18-11-10-16-6-2-3-7-17(16)14-18/h4-5,8-15,21H,2-3,6-7H2,1H3,(H,24,27)(H,25,26)/t15-,21?/m0/s1. The van der Waals surface area contributed by atoms with Gasteiger partial charge >= 0.3 is 0 Å². The van der Waals surface area contributed by atoms with Crippen molar-refractivity contribution in [2.75, 3.05) is 0 Å². The number of fused-ring (bicyclic) bond motifs is 1. The minimum absolute atomic E-state index is 0.189. The second-order valence-electron chi connectivity index (χ2n) is 7.36. The van der Waals surface area contributed by atoms with Crippen LogP contribution in [0.5, 0.6) is 0 Å². The molecule has 2 atom stereocenters. The molecule has 0 bridgehead atoms. The quantitative estimate of drug-likeness (QED) is 0.641. The molecule has 1 aliphatic carbocycles. The van der Waals surface area contributed by atoms with E-state index in [1.807, 2.05) is 17.5 Å². The van der Waals surface area contributed by atoms with Crippen molar-refractivity contribution in [1.82, 2.24) is 10.6 Å². The van der Waals surface area contributed by atoms with Gasteiger partial charge in [-0.3, -0.25) is 9.59 Å².